The molecule has 0 aromatic rings. The highest BCUT2D eigenvalue weighted by atomic mass is 127. The lowest BCUT2D eigenvalue weighted by atomic mass is 9.75. The first kappa shape index (κ1) is 16.3. The highest BCUT2D eigenvalue weighted by Gasteiger charge is 2.56. The van der Waals surface area contributed by atoms with Crippen LogP contribution in [0.15, 0.2) is 12.2 Å². The Morgan fingerprint density at radius 1 is 1.14 bits per heavy atom. The van der Waals surface area contributed by atoms with E-state index in [1.54, 1.807) is 0 Å². The van der Waals surface area contributed by atoms with Gasteiger partial charge in [0.2, 0.25) is 0 Å². The predicted molar refractivity (Wildman–Crippen MR) is 96.8 cm³/mol. The van der Waals surface area contributed by atoms with Gasteiger partial charge in [-0.3, -0.25) is 4.90 Å². The molecule has 0 unspecified atom stereocenters. The third kappa shape index (κ3) is 2.94. The second-order valence-corrected chi connectivity index (χ2v) is 9.61. The van der Waals surface area contributed by atoms with Gasteiger partial charge in [-0.1, -0.05) is 54.5 Å². The molecule has 2 heterocycles. The highest BCUT2D eigenvalue weighted by molar-refractivity contribution is 14.1. The first-order chi connectivity index (χ1) is 9.97. The predicted octanol–water partition coefficient (Wildman–Crippen LogP) is 4.16. The van der Waals surface area contributed by atoms with Gasteiger partial charge < -0.3 is 5.11 Å². The molecule has 1 saturated carbocycles. The maximum Gasteiger partial charge on any atom is 0.0749 e. The normalized spacial score (nSPS) is 41.0. The fraction of sp³-hybridized carbons (Fsp3) is 0.889. The molecule has 3 heteroatoms. The summed E-state index contributed by atoms with van der Waals surface area (Å²) in [5.41, 5.74) is 0.332. The first-order valence-electron chi connectivity index (χ1n) is 8.78. The van der Waals surface area contributed by atoms with Crippen LogP contribution >= 0.6 is 22.6 Å². The SMILES string of the molecule is C[C@H](/C=C/[C@@H](O)C1CC1)[C@@]1(I)CCN2CCCCC[C@@]21C. The first-order valence-corrected chi connectivity index (χ1v) is 9.85. The summed E-state index contributed by atoms with van der Waals surface area (Å²) in [6.07, 6.45) is 13.4. The molecule has 1 aliphatic carbocycles. The number of fused-ring (bicyclic) bond motifs is 1. The summed E-state index contributed by atoms with van der Waals surface area (Å²) in [7, 11) is 0. The van der Waals surface area contributed by atoms with Crippen molar-refractivity contribution in [2.75, 3.05) is 13.1 Å². The lowest BCUT2D eigenvalue weighted by Gasteiger charge is -2.46. The Morgan fingerprint density at radius 3 is 2.62 bits per heavy atom. The molecule has 3 fully saturated rings. The average Bonchev–Trinajstić information content (AvgIpc) is 3.28. The summed E-state index contributed by atoms with van der Waals surface area (Å²) in [4.78, 5) is 2.76. The van der Waals surface area contributed by atoms with Crippen LogP contribution in [-0.4, -0.2) is 38.2 Å². The molecule has 1 N–H and O–H groups in total. The van der Waals surface area contributed by atoms with Crippen molar-refractivity contribution in [2.24, 2.45) is 11.8 Å². The van der Waals surface area contributed by atoms with E-state index in [1.165, 1.54) is 58.0 Å². The molecule has 2 saturated heterocycles. The second-order valence-electron chi connectivity index (χ2n) is 7.69. The van der Waals surface area contributed by atoms with Crippen LogP contribution in [-0.2, 0) is 0 Å². The molecule has 2 aliphatic heterocycles. The molecule has 21 heavy (non-hydrogen) atoms. The number of aliphatic hydroxyl groups is 1. The minimum Gasteiger partial charge on any atom is -0.389 e. The number of alkyl halides is 1. The van der Waals surface area contributed by atoms with Crippen molar-refractivity contribution >= 4 is 22.6 Å². The number of hydrogen-bond donors (Lipinski definition) is 1. The topological polar surface area (TPSA) is 23.5 Å². The van der Waals surface area contributed by atoms with Crippen LogP contribution in [0, 0.1) is 11.8 Å². The van der Waals surface area contributed by atoms with Crippen LogP contribution in [0.25, 0.3) is 0 Å². The second kappa shape index (κ2) is 6.12. The molecule has 0 aromatic heterocycles. The molecule has 3 rings (SSSR count). The summed E-state index contributed by atoms with van der Waals surface area (Å²) in [6.45, 7) is 7.40. The average molecular weight is 403 g/mol. The van der Waals surface area contributed by atoms with Crippen molar-refractivity contribution in [3.8, 4) is 0 Å². The van der Waals surface area contributed by atoms with Crippen LogP contribution < -0.4 is 0 Å². The van der Waals surface area contributed by atoms with Gasteiger partial charge in [0.25, 0.3) is 0 Å². The van der Waals surface area contributed by atoms with E-state index in [-0.39, 0.29) is 6.10 Å². The molecule has 4 atom stereocenters. The van der Waals surface area contributed by atoms with Crippen molar-refractivity contribution in [2.45, 2.75) is 73.9 Å². The molecule has 0 radical (unpaired) electrons. The minimum absolute atomic E-state index is 0.202. The van der Waals surface area contributed by atoms with Crippen LogP contribution in [0.5, 0.6) is 0 Å². The maximum atomic E-state index is 10.1. The van der Waals surface area contributed by atoms with E-state index in [0.717, 1.165) is 0 Å². The standard InChI is InChI=1S/C18H30INO/c1-14(6-9-16(21)15-7-8-15)18(19)11-13-20-12-5-3-4-10-17(18,20)2/h6,9,14-16,21H,3-5,7-8,10-13H2,1-2H3/b9-6+/t14-,16-,17-,18+/m1/s1. The van der Waals surface area contributed by atoms with E-state index in [0.29, 0.717) is 20.8 Å². The van der Waals surface area contributed by atoms with Gasteiger partial charge in [0.05, 0.1) is 6.10 Å². The van der Waals surface area contributed by atoms with Gasteiger partial charge in [-0.2, -0.15) is 0 Å². The van der Waals surface area contributed by atoms with E-state index in [1.807, 2.05) is 0 Å². The fourth-order valence-electron chi connectivity index (χ4n) is 4.50. The molecule has 0 aromatic carbocycles. The number of aliphatic hydroxyl groups excluding tert-OH is 1. The number of halogens is 1. The lowest BCUT2D eigenvalue weighted by molar-refractivity contribution is 0.127. The van der Waals surface area contributed by atoms with E-state index in [2.05, 4.69) is 53.5 Å². The van der Waals surface area contributed by atoms with E-state index >= 15 is 0 Å². The maximum absolute atomic E-state index is 10.1. The molecule has 120 valence electrons. The smallest absolute Gasteiger partial charge is 0.0749 e. The largest absolute Gasteiger partial charge is 0.389 e. The number of rotatable bonds is 4. The van der Waals surface area contributed by atoms with E-state index < -0.39 is 0 Å². The molecule has 0 spiro atoms. The Morgan fingerprint density at radius 2 is 1.90 bits per heavy atom. The van der Waals surface area contributed by atoms with E-state index in [9.17, 15) is 5.11 Å². The molecule has 2 nitrogen and oxygen atoms in total. The van der Waals surface area contributed by atoms with Gasteiger partial charge in [0.1, 0.15) is 0 Å². The quantitative estimate of drug-likeness (QED) is 0.433. The summed E-state index contributed by atoms with van der Waals surface area (Å²) in [6, 6.07) is 0. The Bertz CT molecular complexity index is 408. The van der Waals surface area contributed by atoms with Crippen LogP contribution in [0.3, 0.4) is 0 Å². The minimum atomic E-state index is -0.202. The molecule has 3 aliphatic rings. The Kier molecular flexibility index (Phi) is 4.74. The van der Waals surface area contributed by atoms with Crippen molar-refractivity contribution in [1.82, 2.24) is 4.90 Å². The molecular weight excluding hydrogens is 373 g/mol. The van der Waals surface area contributed by atoms with Crippen LogP contribution in [0.4, 0.5) is 0 Å². The van der Waals surface area contributed by atoms with Gasteiger partial charge in [-0.05, 0) is 57.4 Å². The van der Waals surface area contributed by atoms with Crippen LogP contribution in [0.2, 0.25) is 0 Å². The van der Waals surface area contributed by atoms with E-state index in [4.69, 9.17) is 0 Å². The summed E-state index contributed by atoms with van der Waals surface area (Å²) in [5, 5.41) is 10.1. The number of hydrogen-bond acceptors (Lipinski definition) is 2. The fourth-order valence-corrected chi connectivity index (χ4v) is 5.56. The highest BCUT2D eigenvalue weighted by Crippen LogP contribution is 2.53. The van der Waals surface area contributed by atoms with Crippen molar-refractivity contribution < 1.29 is 5.11 Å². The Labute approximate surface area is 143 Å². The van der Waals surface area contributed by atoms with Crippen LogP contribution in [0.1, 0.15) is 58.8 Å². The Hall–Kier alpha value is 0.390. The third-order valence-electron chi connectivity index (χ3n) is 6.35. The van der Waals surface area contributed by atoms with Gasteiger partial charge in [-0.25, -0.2) is 0 Å². The zero-order valence-corrected chi connectivity index (χ0v) is 15.7. The summed E-state index contributed by atoms with van der Waals surface area (Å²) < 4.78 is 0.314. The van der Waals surface area contributed by atoms with Gasteiger partial charge in [-0.15, -0.1) is 0 Å². The molecular formula is C18H30INO. The van der Waals surface area contributed by atoms with Crippen molar-refractivity contribution in [3.05, 3.63) is 12.2 Å². The van der Waals surface area contributed by atoms with Crippen molar-refractivity contribution in [1.29, 1.82) is 0 Å². The number of nitrogens with zero attached hydrogens (tertiary/aromatic N) is 1. The van der Waals surface area contributed by atoms with Gasteiger partial charge in [0, 0.05) is 15.5 Å². The van der Waals surface area contributed by atoms with Gasteiger partial charge in [0.15, 0.2) is 0 Å². The summed E-state index contributed by atoms with van der Waals surface area (Å²) in [5.74, 6) is 1.08. The van der Waals surface area contributed by atoms with Gasteiger partial charge >= 0.3 is 0 Å². The summed E-state index contributed by atoms with van der Waals surface area (Å²) >= 11 is 2.76. The third-order valence-corrected chi connectivity index (χ3v) is 9.04. The zero-order valence-electron chi connectivity index (χ0n) is 13.5. The number of allylic oxidation sites excluding steroid dienone is 1. The molecule has 0 bridgehead atoms. The zero-order chi connectivity index (χ0) is 15.1. The monoisotopic (exact) mass is 403 g/mol. The van der Waals surface area contributed by atoms with Crippen molar-refractivity contribution in [3.63, 3.8) is 0 Å². The lowest BCUT2D eigenvalue weighted by Crippen LogP contribution is -2.54. The molecule has 0 amide bonds. The Balaban J connectivity index is 1.75.